The SMILES string of the molecule is CCCC1CCC(C2CCC(C3CCC(c4cc(F)c(C=CC(F)(F)F)c(F)c4)OC3)CC2)CC1. The second-order valence-corrected chi connectivity index (χ2v) is 11.2. The van der Waals surface area contributed by atoms with Crippen molar-refractivity contribution in [1.29, 1.82) is 0 Å². The molecule has 2 atom stereocenters. The van der Waals surface area contributed by atoms with Gasteiger partial charge in [-0.1, -0.05) is 32.6 Å². The number of alkyl halides is 3. The second kappa shape index (κ2) is 11.7. The molecule has 0 bridgehead atoms. The molecule has 0 spiro atoms. The lowest BCUT2D eigenvalue weighted by atomic mass is 9.66. The lowest BCUT2D eigenvalue weighted by Gasteiger charge is -2.41. The molecule has 2 saturated carbocycles. The van der Waals surface area contributed by atoms with E-state index in [2.05, 4.69) is 6.92 Å². The van der Waals surface area contributed by atoms with E-state index in [1.807, 2.05) is 0 Å². The van der Waals surface area contributed by atoms with Crippen LogP contribution < -0.4 is 0 Å². The van der Waals surface area contributed by atoms with Gasteiger partial charge in [0.05, 0.1) is 12.7 Å². The zero-order valence-electron chi connectivity index (χ0n) is 20.8. The third-order valence-electron chi connectivity index (χ3n) is 8.96. The highest BCUT2D eigenvalue weighted by Crippen LogP contribution is 2.45. The van der Waals surface area contributed by atoms with E-state index in [1.54, 1.807) is 0 Å². The number of benzene rings is 1. The first kappa shape index (κ1) is 26.6. The fraction of sp³-hybridized carbons (Fsp3) is 0.724. The summed E-state index contributed by atoms with van der Waals surface area (Å²) < 4.78 is 71.8. The maximum atomic E-state index is 14.3. The van der Waals surface area contributed by atoms with Crippen LogP contribution in [0, 0.1) is 41.2 Å². The zero-order valence-corrected chi connectivity index (χ0v) is 20.8. The molecular weight excluding hydrogens is 459 g/mol. The Labute approximate surface area is 206 Å². The fourth-order valence-corrected chi connectivity index (χ4v) is 6.98. The van der Waals surface area contributed by atoms with Crippen LogP contribution in [0.2, 0.25) is 0 Å². The van der Waals surface area contributed by atoms with Crippen molar-refractivity contribution in [3.63, 3.8) is 0 Å². The number of hydrogen-bond donors (Lipinski definition) is 0. The highest BCUT2D eigenvalue weighted by molar-refractivity contribution is 5.52. The quantitative estimate of drug-likeness (QED) is 0.355. The van der Waals surface area contributed by atoms with Crippen LogP contribution in [0.25, 0.3) is 6.08 Å². The number of rotatable bonds is 6. The van der Waals surface area contributed by atoms with E-state index in [1.165, 1.54) is 64.2 Å². The molecule has 0 N–H and O–H groups in total. The average Bonchev–Trinajstić information content (AvgIpc) is 2.84. The number of ether oxygens (including phenoxy) is 1. The van der Waals surface area contributed by atoms with Gasteiger partial charge in [-0.05, 0) is 105 Å². The predicted molar refractivity (Wildman–Crippen MR) is 129 cm³/mol. The lowest BCUT2D eigenvalue weighted by molar-refractivity contribution is -0.0790. The summed E-state index contributed by atoms with van der Waals surface area (Å²) in [4.78, 5) is 0. The van der Waals surface area contributed by atoms with Gasteiger partial charge in [0.15, 0.2) is 0 Å². The van der Waals surface area contributed by atoms with Crippen LogP contribution in [0.1, 0.15) is 101 Å². The van der Waals surface area contributed by atoms with Crippen molar-refractivity contribution in [2.45, 2.75) is 96.3 Å². The first-order valence-corrected chi connectivity index (χ1v) is 13.6. The maximum Gasteiger partial charge on any atom is 0.409 e. The maximum absolute atomic E-state index is 14.3. The third kappa shape index (κ3) is 7.08. The van der Waals surface area contributed by atoms with Crippen LogP contribution >= 0.6 is 0 Å². The van der Waals surface area contributed by atoms with Crippen LogP contribution in [0.15, 0.2) is 18.2 Å². The average molecular weight is 499 g/mol. The summed E-state index contributed by atoms with van der Waals surface area (Å²) >= 11 is 0. The van der Waals surface area contributed by atoms with Gasteiger partial charge in [0.2, 0.25) is 0 Å². The molecular formula is C29H39F5O. The molecule has 1 aromatic rings. The van der Waals surface area contributed by atoms with Gasteiger partial charge < -0.3 is 4.74 Å². The van der Waals surface area contributed by atoms with Crippen molar-refractivity contribution in [2.24, 2.45) is 29.6 Å². The number of halogens is 5. The predicted octanol–water partition coefficient (Wildman–Crippen LogP) is 9.42. The zero-order chi connectivity index (χ0) is 25.0. The van der Waals surface area contributed by atoms with E-state index >= 15 is 0 Å². The first-order valence-electron chi connectivity index (χ1n) is 13.6. The van der Waals surface area contributed by atoms with Gasteiger partial charge in [0.25, 0.3) is 0 Å². The summed E-state index contributed by atoms with van der Waals surface area (Å²) in [6.07, 6.45) is 10.4. The van der Waals surface area contributed by atoms with Gasteiger partial charge >= 0.3 is 6.18 Å². The van der Waals surface area contributed by atoms with E-state index < -0.39 is 29.5 Å². The summed E-state index contributed by atoms with van der Waals surface area (Å²) in [7, 11) is 0. The van der Waals surface area contributed by atoms with Gasteiger partial charge in [0, 0.05) is 11.6 Å². The Morgan fingerprint density at radius 1 is 0.800 bits per heavy atom. The van der Waals surface area contributed by atoms with Crippen molar-refractivity contribution in [3.05, 3.63) is 41.0 Å². The molecule has 1 aromatic carbocycles. The topological polar surface area (TPSA) is 9.23 Å². The minimum atomic E-state index is -4.62. The van der Waals surface area contributed by atoms with Gasteiger partial charge in [-0.3, -0.25) is 0 Å². The summed E-state index contributed by atoms with van der Waals surface area (Å²) in [5.74, 6) is 1.90. The molecule has 196 valence electrons. The van der Waals surface area contributed by atoms with Gasteiger partial charge in [-0.2, -0.15) is 13.2 Å². The summed E-state index contributed by atoms with van der Waals surface area (Å²) in [6, 6.07) is 2.23. The van der Waals surface area contributed by atoms with Crippen LogP contribution in [0.5, 0.6) is 0 Å². The van der Waals surface area contributed by atoms with E-state index in [0.29, 0.717) is 36.5 Å². The molecule has 3 fully saturated rings. The lowest BCUT2D eigenvalue weighted by Crippen LogP contribution is -2.32. The minimum absolute atomic E-state index is 0.151. The standard InChI is InChI=1S/C29H39F5O/c1-2-3-19-4-6-20(7-5-19)21-8-10-22(11-9-21)23-12-13-28(35-18-23)24-16-26(30)25(27(31)17-24)14-15-29(32,33)34/h14-17,19-23,28H,2-13,18H2,1H3. The molecule has 1 aliphatic heterocycles. The van der Waals surface area contributed by atoms with Crippen molar-refractivity contribution >= 4 is 6.08 Å². The van der Waals surface area contributed by atoms with Crippen molar-refractivity contribution in [1.82, 2.24) is 0 Å². The Kier molecular flexibility index (Phi) is 8.94. The molecule has 3 aliphatic rings. The molecule has 6 heteroatoms. The summed E-state index contributed by atoms with van der Waals surface area (Å²) in [6.45, 7) is 2.87. The molecule has 4 rings (SSSR count). The number of hydrogen-bond acceptors (Lipinski definition) is 1. The summed E-state index contributed by atoms with van der Waals surface area (Å²) in [5, 5.41) is 0. The fourth-order valence-electron chi connectivity index (χ4n) is 6.98. The Hall–Kier alpha value is -1.43. The van der Waals surface area contributed by atoms with E-state index in [-0.39, 0.29) is 6.08 Å². The highest BCUT2D eigenvalue weighted by Gasteiger charge is 2.35. The minimum Gasteiger partial charge on any atom is -0.373 e. The Morgan fingerprint density at radius 3 is 1.80 bits per heavy atom. The van der Waals surface area contributed by atoms with Gasteiger partial charge in [-0.15, -0.1) is 0 Å². The molecule has 2 unspecified atom stereocenters. The smallest absolute Gasteiger partial charge is 0.373 e. The van der Waals surface area contributed by atoms with Crippen LogP contribution in [-0.4, -0.2) is 12.8 Å². The third-order valence-corrected chi connectivity index (χ3v) is 8.96. The van der Waals surface area contributed by atoms with E-state index in [4.69, 9.17) is 4.74 Å². The Bertz CT molecular complexity index is 816. The van der Waals surface area contributed by atoms with Crippen LogP contribution in [0.4, 0.5) is 22.0 Å². The van der Waals surface area contributed by atoms with E-state index in [0.717, 1.165) is 36.3 Å². The van der Waals surface area contributed by atoms with Crippen molar-refractivity contribution in [3.8, 4) is 0 Å². The van der Waals surface area contributed by atoms with Crippen LogP contribution in [-0.2, 0) is 4.74 Å². The van der Waals surface area contributed by atoms with Crippen molar-refractivity contribution < 1.29 is 26.7 Å². The van der Waals surface area contributed by atoms with Gasteiger partial charge in [0.1, 0.15) is 11.6 Å². The normalized spacial score (nSPS) is 32.7. The molecule has 0 amide bonds. The molecule has 1 heterocycles. The summed E-state index contributed by atoms with van der Waals surface area (Å²) in [5.41, 5.74) is -0.305. The molecule has 1 nitrogen and oxygen atoms in total. The molecule has 0 aromatic heterocycles. The highest BCUT2D eigenvalue weighted by atomic mass is 19.4. The number of allylic oxidation sites excluding steroid dienone is 1. The largest absolute Gasteiger partial charge is 0.409 e. The van der Waals surface area contributed by atoms with Crippen molar-refractivity contribution in [2.75, 3.05) is 6.61 Å². The Morgan fingerprint density at radius 2 is 1.31 bits per heavy atom. The first-order chi connectivity index (χ1) is 16.7. The molecule has 0 radical (unpaired) electrons. The van der Waals surface area contributed by atoms with E-state index in [9.17, 15) is 22.0 Å². The molecule has 1 saturated heterocycles. The van der Waals surface area contributed by atoms with Crippen LogP contribution in [0.3, 0.4) is 0 Å². The molecule has 2 aliphatic carbocycles. The molecule has 35 heavy (non-hydrogen) atoms. The Balaban J connectivity index is 1.25. The monoisotopic (exact) mass is 498 g/mol. The second-order valence-electron chi connectivity index (χ2n) is 11.2. The van der Waals surface area contributed by atoms with Gasteiger partial charge in [-0.25, -0.2) is 8.78 Å².